The fourth-order valence-corrected chi connectivity index (χ4v) is 1.79. The molecule has 0 aromatic carbocycles. The van der Waals surface area contributed by atoms with Crippen molar-refractivity contribution in [2.75, 3.05) is 7.05 Å². The van der Waals surface area contributed by atoms with Crippen LogP contribution < -0.4 is 5.73 Å². The smallest absolute Gasteiger partial charge is 0.140 e. The van der Waals surface area contributed by atoms with E-state index >= 15 is 0 Å². The van der Waals surface area contributed by atoms with E-state index in [0.29, 0.717) is 24.3 Å². The normalized spacial score (nSPS) is 17.6. The van der Waals surface area contributed by atoms with Crippen molar-refractivity contribution >= 4 is 5.84 Å². The van der Waals surface area contributed by atoms with Gasteiger partial charge in [-0.05, 0) is 25.8 Å². The average molecular weight is 229 g/mol. The Balaban J connectivity index is 4.59. The fourth-order valence-electron chi connectivity index (χ4n) is 1.79. The molecule has 0 rings (SSSR count). The number of hydrogen-bond donors (Lipinski definition) is 2. The van der Waals surface area contributed by atoms with Crippen LogP contribution in [0.15, 0.2) is 5.16 Å². The molecule has 96 valence electrons. The van der Waals surface area contributed by atoms with Crippen molar-refractivity contribution in [3.05, 3.63) is 0 Å². The number of nitrogens with zero attached hydrogens (tertiary/aromatic N) is 2. The summed E-state index contributed by atoms with van der Waals surface area (Å²) in [5, 5.41) is 11.7. The van der Waals surface area contributed by atoms with Gasteiger partial charge < -0.3 is 10.9 Å². The third-order valence-corrected chi connectivity index (χ3v) is 3.48. The highest BCUT2D eigenvalue weighted by Gasteiger charge is 2.28. The number of oxime groups is 1. The second-order valence-corrected chi connectivity index (χ2v) is 5.57. The molecule has 0 aromatic rings. The Hall–Kier alpha value is -0.770. The first kappa shape index (κ1) is 15.2. The molecule has 0 aliphatic rings. The third-order valence-electron chi connectivity index (χ3n) is 3.48. The van der Waals surface area contributed by atoms with Crippen molar-refractivity contribution in [1.82, 2.24) is 4.90 Å². The Labute approximate surface area is 99.5 Å². The van der Waals surface area contributed by atoms with Gasteiger partial charge in [0.1, 0.15) is 5.84 Å². The molecular weight excluding hydrogens is 202 g/mol. The molecule has 0 spiro atoms. The second-order valence-electron chi connectivity index (χ2n) is 5.57. The van der Waals surface area contributed by atoms with Crippen LogP contribution >= 0.6 is 0 Å². The minimum Gasteiger partial charge on any atom is -0.409 e. The van der Waals surface area contributed by atoms with Crippen molar-refractivity contribution < 1.29 is 5.21 Å². The monoisotopic (exact) mass is 229 g/mol. The molecule has 3 N–H and O–H groups in total. The van der Waals surface area contributed by atoms with Crippen LogP contribution in [-0.2, 0) is 0 Å². The number of rotatable bonds is 5. The lowest BCUT2D eigenvalue weighted by Crippen LogP contribution is -2.46. The van der Waals surface area contributed by atoms with Crippen molar-refractivity contribution in [3.63, 3.8) is 0 Å². The summed E-state index contributed by atoms with van der Waals surface area (Å²) in [5.74, 6) is 0.305. The van der Waals surface area contributed by atoms with Gasteiger partial charge in [0.05, 0.1) is 0 Å². The zero-order valence-electron chi connectivity index (χ0n) is 11.5. The molecule has 2 atom stereocenters. The maximum atomic E-state index is 8.60. The van der Waals surface area contributed by atoms with Crippen LogP contribution in [-0.4, -0.2) is 35.1 Å². The molecule has 0 saturated carbocycles. The third kappa shape index (κ3) is 4.39. The summed E-state index contributed by atoms with van der Waals surface area (Å²) in [4.78, 5) is 2.32. The maximum Gasteiger partial charge on any atom is 0.140 e. The van der Waals surface area contributed by atoms with E-state index in [1.807, 2.05) is 0 Å². The largest absolute Gasteiger partial charge is 0.409 e. The summed E-state index contributed by atoms with van der Waals surface area (Å²) in [6.07, 6.45) is 1.61. The van der Waals surface area contributed by atoms with E-state index in [2.05, 4.69) is 51.7 Å². The lowest BCUT2D eigenvalue weighted by Gasteiger charge is -2.40. The first-order valence-electron chi connectivity index (χ1n) is 5.92. The summed E-state index contributed by atoms with van der Waals surface area (Å²) in [7, 11) is 2.11. The molecule has 0 amide bonds. The molecule has 0 radical (unpaired) electrons. The number of nitrogens with two attached hydrogens (primary N) is 1. The average Bonchev–Trinajstić information content (AvgIpc) is 2.22. The van der Waals surface area contributed by atoms with Gasteiger partial charge >= 0.3 is 0 Å². The second kappa shape index (κ2) is 6.09. The molecule has 0 aliphatic heterocycles. The van der Waals surface area contributed by atoms with Crippen LogP contribution in [0.4, 0.5) is 0 Å². The van der Waals surface area contributed by atoms with Gasteiger partial charge in [0.25, 0.3) is 0 Å². The molecule has 2 unspecified atom stereocenters. The first-order chi connectivity index (χ1) is 7.23. The van der Waals surface area contributed by atoms with E-state index < -0.39 is 0 Å². The van der Waals surface area contributed by atoms with Crippen LogP contribution in [0, 0.1) is 5.41 Å². The Morgan fingerprint density at radius 2 is 1.94 bits per heavy atom. The summed E-state index contributed by atoms with van der Waals surface area (Å²) in [6, 6.07) is 0.772. The fraction of sp³-hybridized carbons (Fsp3) is 0.917. The van der Waals surface area contributed by atoms with Crippen molar-refractivity contribution in [2.24, 2.45) is 16.3 Å². The van der Waals surface area contributed by atoms with Gasteiger partial charge in [0.15, 0.2) is 0 Å². The Morgan fingerprint density at radius 1 is 1.44 bits per heavy atom. The minimum atomic E-state index is 0.229. The van der Waals surface area contributed by atoms with Gasteiger partial charge in [-0.2, -0.15) is 0 Å². The molecule has 4 nitrogen and oxygen atoms in total. The van der Waals surface area contributed by atoms with Gasteiger partial charge in [-0.25, -0.2) is 0 Å². The number of hydrogen-bond acceptors (Lipinski definition) is 3. The molecule has 16 heavy (non-hydrogen) atoms. The van der Waals surface area contributed by atoms with E-state index in [-0.39, 0.29) is 5.41 Å². The first-order valence-corrected chi connectivity index (χ1v) is 5.92. The van der Waals surface area contributed by atoms with E-state index in [4.69, 9.17) is 10.9 Å². The molecule has 0 aromatic heterocycles. The van der Waals surface area contributed by atoms with Gasteiger partial charge in [0.2, 0.25) is 0 Å². The molecule has 0 saturated heterocycles. The SMILES string of the molecule is CCC(CC(N)=NO)N(C)C(C)C(C)(C)C. The molecule has 0 heterocycles. The molecule has 0 bridgehead atoms. The highest BCUT2D eigenvalue weighted by Crippen LogP contribution is 2.25. The van der Waals surface area contributed by atoms with Crippen molar-refractivity contribution in [3.8, 4) is 0 Å². The van der Waals surface area contributed by atoms with Crippen LogP contribution in [0.25, 0.3) is 0 Å². The lowest BCUT2D eigenvalue weighted by molar-refractivity contribution is 0.0971. The molecule has 4 heteroatoms. The summed E-state index contributed by atoms with van der Waals surface area (Å²) >= 11 is 0. The summed E-state index contributed by atoms with van der Waals surface area (Å²) < 4.78 is 0. The van der Waals surface area contributed by atoms with Gasteiger partial charge in [0, 0.05) is 18.5 Å². The van der Waals surface area contributed by atoms with Crippen LogP contribution in [0.3, 0.4) is 0 Å². The predicted octanol–water partition coefficient (Wildman–Crippen LogP) is 2.27. The summed E-state index contributed by atoms with van der Waals surface area (Å²) in [5.41, 5.74) is 5.80. The van der Waals surface area contributed by atoms with E-state index in [1.165, 1.54) is 0 Å². The lowest BCUT2D eigenvalue weighted by atomic mass is 9.86. The maximum absolute atomic E-state index is 8.60. The van der Waals surface area contributed by atoms with E-state index in [0.717, 1.165) is 6.42 Å². The van der Waals surface area contributed by atoms with Crippen LogP contribution in [0.5, 0.6) is 0 Å². The minimum absolute atomic E-state index is 0.229. The number of amidine groups is 1. The predicted molar refractivity (Wildman–Crippen MR) is 68.8 cm³/mol. The van der Waals surface area contributed by atoms with E-state index in [9.17, 15) is 0 Å². The van der Waals surface area contributed by atoms with Gasteiger partial charge in [-0.1, -0.05) is 32.9 Å². The van der Waals surface area contributed by atoms with Gasteiger partial charge in [-0.3, -0.25) is 4.90 Å². The molecular formula is C12H27N3O. The zero-order valence-corrected chi connectivity index (χ0v) is 11.5. The standard InChI is InChI=1S/C12H27N3O/c1-7-10(8-11(13)14-16)15(6)9(2)12(3,4)5/h9-10,16H,7-8H2,1-6H3,(H2,13,14). The van der Waals surface area contributed by atoms with Crippen molar-refractivity contribution in [2.45, 2.75) is 59.5 Å². The van der Waals surface area contributed by atoms with E-state index in [1.54, 1.807) is 0 Å². The molecule has 0 aliphatic carbocycles. The Bertz CT molecular complexity index is 233. The van der Waals surface area contributed by atoms with Crippen LogP contribution in [0.1, 0.15) is 47.5 Å². The highest BCUT2D eigenvalue weighted by atomic mass is 16.4. The quantitative estimate of drug-likeness (QED) is 0.329. The summed E-state index contributed by atoms with van der Waals surface area (Å²) in [6.45, 7) is 11.0. The Kier molecular flexibility index (Phi) is 5.79. The van der Waals surface area contributed by atoms with Crippen molar-refractivity contribution in [1.29, 1.82) is 0 Å². The molecule has 0 fully saturated rings. The zero-order chi connectivity index (χ0) is 12.9. The van der Waals surface area contributed by atoms with Crippen LogP contribution in [0.2, 0.25) is 0 Å². The van der Waals surface area contributed by atoms with Gasteiger partial charge in [-0.15, -0.1) is 0 Å². The topological polar surface area (TPSA) is 61.9 Å². The highest BCUT2D eigenvalue weighted by molar-refractivity contribution is 5.80. The Morgan fingerprint density at radius 3 is 2.25 bits per heavy atom.